The van der Waals surface area contributed by atoms with Crippen molar-refractivity contribution in [2.24, 2.45) is 0 Å². The number of hydrogen-bond donors (Lipinski definition) is 1. The molecule has 0 unspecified atom stereocenters. The topological polar surface area (TPSA) is 46.2 Å². The summed E-state index contributed by atoms with van der Waals surface area (Å²) < 4.78 is 0. The molecule has 0 radical (unpaired) electrons. The number of allylic oxidation sites excluding steroid dienone is 2. The SMILES string of the molecule is O=C1CCCCCCC/C=C\CCCCCCCC(=O)N1. The third-order valence-electron chi connectivity index (χ3n) is 3.99. The molecule has 1 aliphatic heterocycles. The van der Waals surface area contributed by atoms with E-state index in [0.29, 0.717) is 12.8 Å². The maximum absolute atomic E-state index is 11.6. The lowest BCUT2D eigenvalue weighted by Gasteiger charge is -2.04. The van der Waals surface area contributed by atoms with E-state index in [1.54, 1.807) is 0 Å². The Kier molecular flexibility index (Phi) is 10.8. The molecule has 21 heavy (non-hydrogen) atoms. The Hall–Kier alpha value is -1.12. The fourth-order valence-electron chi connectivity index (χ4n) is 2.67. The standard InChI is InChI=1S/C18H31NO2/c20-17-15-13-11-9-7-5-3-1-2-4-6-8-10-12-14-16-18(21)19-17/h1-2H,3-16H2,(H,19,20,21)/b2-1-. The molecule has 2 amide bonds. The molecular weight excluding hydrogens is 262 g/mol. The number of carbonyl (C=O) groups is 2. The molecule has 0 aromatic carbocycles. The highest BCUT2D eigenvalue weighted by molar-refractivity contribution is 5.95. The number of nitrogens with one attached hydrogen (secondary N) is 1. The zero-order valence-corrected chi connectivity index (χ0v) is 13.4. The molecule has 3 heteroatoms. The van der Waals surface area contributed by atoms with Gasteiger partial charge in [0.2, 0.25) is 11.8 Å². The van der Waals surface area contributed by atoms with Gasteiger partial charge in [0.1, 0.15) is 0 Å². The van der Waals surface area contributed by atoms with Crippen molar-refractivity contribution in [3.05, 3.63) is 12.2 Å². The summed E-state index contributed by atoms with van der Waals surface area (Å²) in [6, 6.07) is 0. The van der Waals surface area contributed by atoms with Crippen molar-refractivity contribution in [3.63, 3.8) is 0 Å². The predicted molar refractivity (Wildman–Crippen MR) is 86.9 cm³/mol. The quantitative estimate of drug-likeness (QED) is 0.521. The molecule has 1 heterocycles. The number of rotatable bonds is 0. The minimum atomic E-state index is -0.0964. The lowest BCUT2D eigenvalue weighted by molar-refractivity contribution is -0.130. The molecule has 0 atom stereocenters. The van der Waals surface area contributed by atoms with Crippen molar-refractivity contribution in [2.75, 3.05) is 0 Å². The third-order valence-corrected chi connectivity index (χ3v) is 3.99. The van der Waals surface area contributed by atoms with Crippen molar-refractivity contribution >= 4 is 11.8 Å². The predicted octanol–water partition coefficient (Wildman–Crippen LogP) is 4.66. The lowest BCUT2D eigenvalue weighted by Crippen LogP contribution is -2.29. The van der Waals surface area contributed by atoms with Crippen molar-refractivity contribution in [1.29, 1.82) is 0 Å². The van der Waals surface area contributed by atoms with Crippen LogP contribution in [-0.2, 0) is 9.59 Å². The van der Waals surface area contributed by atoms with Crippen LogP contribution < -0.4 is 5.32 Å². The Morgan fingerprint density at radius 3 is 1.43 bits per heavy atom. The van der Waals surface area contributed by atoms with E-state index >= 15 is 0 Å². The van der Waals surface area contributed by atoms with Crippen LogP contribution in [0.25, 0.3) is 0 Å². The van der Waals surface area contributed by atoms with Crippen molar-refractivity contribution < 1.29 is 9.59 Å². The van der Waals surface area contributed by atoms with Crippen LogP contribution in [0.1, 0.15) is 89.9 Å². The van der Waals surface area contributed by atoms with Gasteiger partial charge in [0.05, 0.1) is 0 Å². The third kappa shape index (κ3) is 11.2. The largest absolute Gasteiger partial charge is 0.296 e. The van der Waals surface area contributed by atoms with E-state index in [1.807, 2.05) is 0 Å². The minimum absolute atomic E-state index is 0.0964. The Bertz CT molecular complexity index is 293. The molecule has 120 valence electrons. The molecule has 0 aliphatic carbocycles. The summed E-state index contributed by atoms with van der Waals surface area (Å²) in [6.45, 7) is 0. The first kappa shape index (κ1) is 17.9. The summed E-state index contributed by atoms with van der Waals surface area (Å²) in [5.41, 5.74) is 0. The van der Waals surface area contributed by atoms with Gasteiger partial charge in [-0.15, -0.1) is 0 Å². The van der Waals surface area contributed by atoms with Gasteiger partial charge in [-0.2, -0.15) is 0 Å². The van der Waals surface area contributed by atoms with Gasteiger partial charge in [-0.25, -0.2) is 0 Å². The fraction of sp³-hybridized carbons (Fsp3) is 0.778. The van der Waals surface area contributed by atoms with Gasteiger partial charge < -0.3 is 0 Å². The van der Waals surface area contributed by atoms with Crippen LogP contribution in [-0.4, -0.2) is 11.8 Å². The van der Waals surface area contributed by atoms with Crippen molar-refractivity contribution in [3.8, 4) is 0 Å². The van der Waals surface area contributed by atoms with Gasteiger partial charge in [0.15, 0.2) is 0 Å². The van der Waals surface area contributed by atoms with E-state index in [4.69, 9.17) is 0 Å². The van der Waals surface area contributed by atoms with E-state index in [9.17, 15) is 9.59 Å². The van der Waals surface area contributed by atoms with Crippen LogP contribution in [0.5, 0.6) is 0 Å². The molecule has 1 rings (SSSR count). The average Bonchev–Trinajstić information content (AvgIpc) is 2.46. The highest BCUT2D eigenvalue weighted by Crippen LogP contribution is 2.10. The molecule has 3 nitrogen and oxygen atoms in total. The van der Waals surface area contributed by atoms with Gasteiger partial charge in [-0.3, -0.25) is 14.9 Å². The zero-order chi connectivity index (χ0) is 15.2. The highest BCUT2D eigenvalue weighted by atomic mass is 16.2. The molecule has 0 saturated heterocycles. The Morgan fingerprint density at radius 2 is 0.952 bits per heavy atom. The van der Waals surface area contributed by atoms with Gasteiger partial charge >= 0.3 is 0 Å². The summed E-state index contributed by atoms with van der Waals surface area (Å²) >= 11 is 0. The zero-order valence-electron chi connectivity index (χ0n) is 13.4. The summed E-state index contributed by atoms with van der Waals surface area (Å²) in [5.74, 6) is -0.193. The average molecular weight is 293 g/mol. The smallest absolute Gasteiger partial charge is 0.226 e. The van der Waals surface area contributed by atoms with Crippen LogP contribution in [0.15, 0.2) is 12.2 Å². The number of hydrogen-bond acceptors (Lipinski definition) is 2. The van der Waals surface area contributed by atoms with E-state index in [0.717, 1.165) is 25.7 Å². The molecule has 0 spiro atoms. The van der Waals surface area contributed by atoms with Crippen LogP contribution in [0.3, 0.4) is 0 Å². The monoisotopic (exact) mass is 293 g/mol. The molecule has 0 saturated carbocycles. The first-order chi connectivity index (χ1) is 10.3. The Morgan fingerprint density at radius 1 is 0.571 bits per heavy atom. The van der Waals surface area contributed by atoms with Gasteiger partial charge in [-0.1, -0.05) is 50.7 Å². The summed E-state index contributed by atoms with van der Waals surface area (Å²) in [7, 11) is 0. The van der Waals surface area contributed by atoms with Gasteiger partial charge in [0, 0.05) is 12.8 Å². The number of amides is 2. The lowest BCUT2D eigenvalue weighted by atomic mass is 10.1. The first-order valence-electron chi connectivity index (χ1n) is 8.77. The van der Waals surface area contributed by atoms with Gasteiger partial charge in [-0.05, 0) is 38.5 Å². The number of carbonyl (C=O) groups excluding carboxylic acids is 2. The Labute approximate surface area is 129 Å². The molecule has 0 aromatic heterocycles. The van der Waals surface area contributed by atoms with Crippen LogP contribution in [0.4, 0.5) is 0 Å². The van der Waals surface area contributed by atoms with Crippen LogP contribution >= 0.6 is 0 Å². The molecule has 0 fully saturated rings. The van der Waals surface area contributed by atoms with Crippen molar-refractivity contribution in [1.82, 2.24) is 5.32 Å². The molecule has 0 aromatic rings. The number of imide groups is 1. The van der Waals surface area contributed by atoms with Gasteiger partial charge in [0.25, 0.3) is 0 Å². The Balaban J connectivity index is 2.25. The maximum Gasteiger partial charge on any atom is 0.226 e. The molecule has 1 N–H and O–H groups in total. The van der Waals surface area contributed by atoms with E-state index < -0.39 is 0 Å². The second kappa shape index (κ2) is 12.6. The highest BCUT2D eigenvalue weighted by Gasteiger charge is 2.07. The first-order valence-corrected chi connectivity index (χ1v) is 8.77. The summed E-state index contributed by atoms with van der Waals surface area (Å²) in [4.78, 5) is 23.2. The van der Waals surface area contributed by atoms with Crippen LogP contribution in [0, 0.1) is 0 Å². The maximum atomic E-state index is 11.6. The van der Waals surface area contributed by atoms with E-state index in [1.165, 1.54) is 51.4 Å². The molecular formula is C18H31NO2. The second-order valence-electron chi connectivity index (χ2n) is 6.06. The fourth-order valence-corrected chi connectivity index (χ4v) is 2.67. The van der Waals surface area contributed by atoms with Crippen LogP contribution in [0.2, 0.25) is 0 Å². The normalized spacial score (nSPS) is 23.4. The second-order valence-corrected chi connectivity index (χ2v) is 6.06. The van der Waals surface area contributed by atoms with E-state index in [2.05, 4.69) is 17.5 Å². The summed E-state index contributed by atoms with van der Waals surface area (Å²) in [5, 5.41) is 2.51. The summed E-state index contributed by atoms with van der Waals surface area (Å²) in [6.07, 6.45) is 19.3. The van der Waals surface area contributed by atoms with E-state index in [-0.39, 0.29) is 11.8 Å². The molecule has 1 aliphatic rings. The minimum Gasteiger partial charge on any atom is -0.296 e. The molecule has 0 bridgehead atoms. The van der Waals surface area contributed by atoms with Crippen molar-refractivity contribution in [2.45, 2.75) is 89.9 Å².